The quantitative estimate of drug-likeness (QED) is 0.291. The van der Waals surface area contributed by atoms with Gasteiger partial charge in [0.05, 0.1) is 18.2 Å². The van der Waals surface area contributed by atoms with Gasteiger partial charge in [0.25, 0.3) is 0 Å². The molecule has 0 aromatic heterocycles. The molecule has 4 atom stereocenters. The second-order valence-corrected chi connectivity index (χ2v) is 13.4. The third-order valence-electron chi connectivity index (χ3n) is 9.10. The molecule has 3 amide bonds. The van der Waals surface area contributed by atoms with E-state index in [1.807, 2.05) is 56.0 Å². The van der Waals surface area contributed by atoms with Crippen LogP contribution in [0.1, 0.15) is 103 Å². The first-order valence-electron chi connectivity index (χ1n) is 16.2. The Labute approximate surface area is 253 Å². The van der Waals surface area contributed by atoms with Gasteiger partial charge in [-0.15, -0.1) is 0 Å². The molecule has 1 aromatic carbocycles. The van der Waals surface area contributed by atoms with Gasteiger partial charge in [0.15, 0.2) is 0 Å². The molecule has 42 heavy (non-hydrogen) atoms. The van der Waals surface area contributed by atoms with Crippen molar-refractivity contribution in [3.63, 3.8) is 0 Å². The summed E-state index contributed by atoms with van der Waals surface area (Å²) < 4.78 is 0. The molecule has 236 valence electrons. The number of hydrogen-bond donors (Lipinski definition) is 2. The van der Waals surface area contributed by atoms with Crippen molar-refractivity contribution in [2.75, 3.05) is 27.2 Å². The van der Waals surface area contributed by atoms with Crippen molar-refractivity contribution in [1.82, 2.24) is 14.7 Å². The number of carbonyl (C=O) groups excluding carboxylic acids is 3. The van der Waals surface area contributed by atoms with E-state index in [0.29, 0.717) is 31.2 Å². The Bertz CT molecular complexity index is 990. The second-order valence-electron chi connectivity index (χ2n) is 13.4. The van der Waals surface area contributed by atoms with Crippen LogP contribution in [0.4, 0.5) is 0 Å². The molecule has 0 bridgehead atoms. The molecule has 1 aromatic rings. The van der Waals surface area contributed by atoms with E-state index < -0.39 is 18.2 Å². The summed E-state index contributed by atoms with van der Waals surface area (Å²) in [5, 5.41) is 22.4. The van der Waals surface area contributed by atoms with E-state index in [1.54, 1.807) is 19.0 Å². The average Bonchev–Trinajstić information content (AvgIpc) is 3.80. The van der Waals surface area contributed by atoms with Gasteiger partial charge in [0, 0.05) is 33.5 Å². The Morgan fingerprint density at radius 3 is 1.95 bits per heavy atom. The zero-order chi connectivity index (χ0) is 30.8. The third-order valence-corrected chi connectivity index (χ3v) is 9.10. The Hall–Kier alpha value is -2.45. The number of hydrogen-bond acceptors (Lipinski definition) is 5. The average molecular weight is 586 g/mol. The molecule has 3 rings (SSSR count). The minimum Gasteiger partial charge on any atom is -0.390 e. The van der Waals surface area contributed by atoms with Crippen LogP contribution in [0, 0.1) is 17.8 Å². The van der Waals surface area contributed by atoms with Gasteiger partial charge in [0.2, 0.25) is 17.7 Å². The van der Waals surface area contributed by atoms with E-state index in [2.05, 4.69) is 0 Å². The highest BCUT2D eigenvalue weighted by atomic mass is 16.3. The topological polar surface area (TPSA) is 101 Å². The SMILES string of the molecule is CC(C)C[C@H](O)[C@H](O)[C@H](CC1CCCCC1)N(CC1CC1)C(=O)CCC(=O)N(CC(=O)N(C)C)[C@H](C)c1ccccc1. The molecule has 0 spiro atoms. The number of amides is 3. The Morgan fingerprint density at radius 1 is 0.810 bits per heavy atom. The number of benzene rings is 1. The summed E-state index contributed by atoms with van der Waals surface area (Å²) in [6, 6.07) is 8.81. The van der Waals surface area contributed by atoms with Crippen molar-refractivity contribution in [1.29, 1.82) is 0 Å². The van der Waals surface area contributed by atoms with Crippen LogP contribution in [0.15, 0.2) is 30.3 Å². The van der Waals surface area contributed by atoms with Crippen LogP contribution in [-0.4, -0.2) is 88.1 Å². The largest absolute Gasteiger partial charge is 0.390 e. The van der Waals surface area contributed by atoms with Gasteiger partial charge >= 0.3 is 0 Å². The fourth-order valence-corrected chi connectivity index (χ4v) is 6.24. The lowest BCUT2D eigenvalue weighted by molar-refractivity contribution is -0.145. The first-order chi connectivity index (χ1) is 20.0. The number of carbonyl (C=O) groups is 3. The molecule has 0 unspecified atom stereocenters. The van der Waals surface area contributed by atoms with E-state index in [9.17, 15) is 24.6 Å². The monoisotopic (exact) mass is 585 g/mol. The highest BCUT2D eigenvalue weighted by Crippen LogP contribution is 2.35. The van der Waals surface area contributed by atoms with Crippen LogP contribution in [0.2, 0.25) is 0 Å². The molecule has 0 radical (unpaired) electrons. The molecule has 2 aliphatic carbocycles. The van der Waals surface area contributed by atoms with Gasteiger partial charge in [0.1, 0.15) is 12.6 Å². The molecule has 2 aliphatic rings. The Balaban J connectivity index is 1.78. The van der Waals surface area contributed by atoms with Gasteiger partial charge in [-0.25, -0.2) is 0 Å². The number of likely N-dealkylation sites (N-methyl/N-ethyl adjacent to an activating group) is 1. The van der Waals surface area contributed by atoms with Crippen molar-refractivity contribution in [2.45, 2.75) is 116 Å². The fraction of sp³-hybridized carbons (Fsp3) is 0.735. The van der Waals surface area contributed by atoms with Crippen molar-refractivity contribution < 1.29 is 24.6 Å². The highest BCUT2D eigenvalue weighted by molar-refractivity contribution is 5.87. The number of aliphatic hydroxyl groups is 2. The standard InChI is InChI=1S/C34H55N3O5/c1-24(2)20-30(38)34(42)29(21-26-12-8-6-9-13-26)37(22-27-16-17-27)32(40)19-18-31(39)36(23-33(41)35(4)5)25(3)28-14-10-7-11-15-28/h7,10-11,14-15,24-27,29-30,34,38,42H,6,8-9,12-13,16-23H2,1-5H3/t25-,29+,30+,34-/m1/s1. The number of aliphatic hydroxyl groups excluding tert-OH is 2. The summed E-state index contributed by atoms with van der Waals surface area (Å²) in [5.74, 6) is 0.462. The second kappa shape index (κ2) is 16.4. The molecule has 8 nitrogen and oxygen atoms in total. The highest BCUT2D eigenvalue weighted by Gasteiger charge is 2.39. The summed E-state index contributed by atoms with van der Waals surface area (Å²) in [5.41, 5.74) is 0.925. The van der Waals surface area contributed by atoms with Crippen LogP contribution >= 0.6 is 0 Å². The summed E-state index contributed by atoms with van der Waals surface area (Å²) in [7, 11) is 3.34. The molecule has 2 saturated carbocycles. The lowest BCUT2D eigenvalue weighted by Crippen LogP contribution is -2.53. The minimum absolute atomic E-state index is 0.00782. The zero-order valence-corrected chi connectivity index (χ0v) is 26.6. The van der Waals surface area contributed by atoms with Crippen molar-refractivity contribution >= 4 is 17.7 Å². The normalized spacial score (nSPS) is 18.7. The molecule has 2 N–H and O–H groups in total. The van der Waals surface area contributed by atoms with E-state index in [4.69, 9.17) is 0 Å². The summed E-state index contributed by atoms with van der Waals surface area (Å²) >= 11 is 0. The van der Waals surface area contributed by atoms with Gasteiger partial charge < -0.3 is 24.9 Å². The van der Waals surface area contributed by atoms with Gasteiger partial charge in [-0.1, -0.05) is 76.3 Å². The lowest BCUT2D eigenvalue weighted by atomic mass is 9.81. The third kappa shape index (κ3) is 10.4. The number of nitrogens with zero attached hydrogens (tertiary/aromatic N) is 3. The van der Waals surface area contributed by atoms with E-state index in [1.165, 1.54) is 11.3 Å². The van der Waals surface area contributed by atoms with E-state index in [0.717, 1.165) is 44.1 Å². The molecule has 8 heteroatoms. The first kappa shape index (κ1) is 34.0. The Kier molecular flexibility index (Phi) is 13.3. The van der Waals surface area contributed by atoms with Crippen LogP contribution in [0.3, 0.4) is 0 Å². The van der Waals surface area contributed by atoms with E-state index >= 15 is 0 Å². The summed E-state index contributed by atoms with van der Waals surface area (Å²) in [6.45, 7) is 6.44. The first-order valence-corrected chi connectivity index (χ1v) is 16.2. The Morgan fingerprint density at radius 2 is 1.40 bits per heavy atom. The fourth-order valence-electron chi connectivity index (χ4n) is 6.24. The smallest absolute Gasteiger partial charge is 0.241 e. The van der Waals surface area contributed by atoms with Crippen LogP contribution in [0.5, 0.6) is 0 Å². The molecular weight excluding hydrogens is 530 g/mol. The number of rotatable bonds is 16. The van der Waals surface area contributed by atoms with Crippen LogP contribution < -0.4 is 0 Å². The predicted molar refractivity (Wildman–Crippen MR) is 165 cm³/mol. The van der Waals surface area contributed by atoms with Crippen LogP contribution in [0.25, 0.3) is 0 Å². The molecule has 0 heterocycles. The lowest BCUT2D eigenvalue weighted by Gasteiger charge is -2.40. The maximum absolute atomic E-state index is 13.9. The van der Waals surface area contributed by atoms with Gasteiger partial charge in [-0.05, 0) is 55.9 Å². The van der Waals surface area contributed by atoms with E-state index in [-0.39, 0.29) is 49.1 Å². The summed E-state index contributed by atoms with van der Waals surface area (Å²) in [4.78, 5) is 45.1. The molecule has 2 fully saturated rings. The molecular formula is C34H55N3O5. The maximum Gasteiger partial charge on any atom is 0.241 e. The predicted octanol–water partition coefficient (Wildman–Crippen LogP) is 4.79. The molecule has 0 saturated heterocycles. The van der Waals surface area contributed by atoms with Crippen molar-refractivity contribution in [3.05, 3.63) is 35.9 Å². The van der Waals surface area contributed by atoms with Crippen molar-refractivity contribution in [3.8, 4) is 0 Å². The molecule has 0 aliphatic heterocycles. The maximum atomic E-state index is 13.9. The minimum atomic E-state index is -1.03. The van der Waals surface area contributed by atoms with Gasteiger partial charge in [-0.2, -0.15) is 0 Å². The van der Waals surface area contributed by atoms with Gasteiger partial charge in [-0.3, -0.25) is 14.4 Å². The zero-order valence-electron chi connectivity index (χ0n) is 26.6. The summed E-state index contributed by atoms with van der Waals surface area (Å²) in [6.07, 6.45) is 7.02. The van der Waals surface area contributed by atoms with Crippen molar-refractivity contribution in [2.24, 2.45) is 17.8 Å². The van der Waals surface area contributed by atoms with Crippen LogP contribution in [-0.2, 0) is 14.4 Å².